The van der Waals surface area contributed by atoms with Gasteiger partial charge in [0.25, 0.3) is 5.91 Å². The Morgan fingerprint density at radius 1 is 1.33 bits per heavy atom. The van der Waals surface area contributed by atoms with Gasteiger partial charge in [0.2, 0.25) is 0 Å². The summed E-state index contributed by atoms with van der Waals surface area (Å²) in [5, 5.41) is 8.19. The Bertz CT molecular complexity index is 818. The lowest BCUT2D eigenvalue weighted by Crippen LogP contribution is -2.23. The van der Waals surface area contributed by atoms with Crippen molar-refractivity contribution in [1.82, 2.24) is 20.1 Å². The van der Waals surface area contributed by atoms with Crippen LogP contribution >= 0.6 is 11.3 Å². The Kier molecular flexibility index (Phi) is 3.47. The summed E-state index contributed by atoms with van der Waals surface area (Å²) >= 11 is 1.63. The molecule has 2 aromatic heterocycles. The lowest BCUT2D eigenvalue weighted by Gasteiger charge is -2.05. The van der Waals surface area contributed by atoms with Gasteiger partial charge in [-0.2, -0.15) is 5.10 Å². The average molecular weight is 300 g/mol. The molecule has 108 valence electrons. The molecule has 3 aromatic rings. The zero-order valence-corrected chi connectivity index (χ0v) is 13.0. The number of thiazole rings is 1. The first kappa shape index (κ1) is 13.8. The van der Waals surface area contributed by atoms with E-state index in [4.69, 9.17) is 0 Å². The highest BCUT2D eigenvalue weighted by Crippen LogP contribution is 2.22. The summed E-state index contributed by atoms with van der Waals surface area (Å²) in [5.41, 5.74) is 3.43. The van der Waals surface area contributed by atoms with Gasteiger partial charge < -0.3 is 5.32 Å². The number of carbonyl (C=O) groups excluding carboxylic acids is 1. The number of rotatable bonds is 3. The van der Waals surface area contributed by atoms with Crippen molar-refractivity contribution in [1.29, 1.82) is 0 Å². The van der Waals surface area contributed by atoms with Crippen molar-refractivity contribution in [2.45, 2.75) is 20.4 Å². The Labute approximate surface area is 126 Å². The van der Waals surface area contributed by atoms with Gasteiger partial charge in [0.1, 0.15) is 0 Å². The number of carbonyl (C=O) groups is 1. The second-order valence-electron chi connectivity index (χ2n) is 5.00. The molecular formula is C15H16N4OS. The van der Waals surface area contributed by atoms with Gasteiger partial charge in [-0.15, -0.1) is 11.3 Å². The number of aryl methyl sites for hydroxylation is 3. The van der Waals surface area contributed by atoms with E-state index in [2.05, 4.69) is 15.4 Å². The zero-order valence-electron chi connectivity index (χ0n) is 12.2. The normalized spacial score (nSPS) is 11.0. The standard InChI is InChI=1S/C15H16N4OS/c1-9-6-12(19(3)18-9)8-16-15(20)11-4-5-14-13(7-11)17-10(2)21-14/h4-7H,8H2,1-3H3,(H,16,20). The molecule has 0 spiro atoms. The molecule has 0 unspecified atom stereocenters. The second kappa shape index (κ2) is 5.29. The zero-order chi connectivity index (χ0) is 15.0. The molecular weight excluding hydrogens is 284 g/mol. The van der Waals surface area contributed by atoms with Crippen molar-refractivity contribution in [3.63, 3.8) is 0 Å². The van der Waals surface area contributed by atoms with Crippen molar-refractivity contribution in [2.75, 3.05) is 0 Å². The highest BCUT2D eigenvalue weighted by atomic mass is 32.1. The lowest BCUT2D eigenvalue weighted by atomic mass is 10.2. The molecule has 0 saturated heterocycles. The lowest BCUT2D eigenvalue weighted by molar-refractivity contribution is 0.0950. The van der Waals surface area contributed by atoms with E-state index >= 15 is 0 Å². The van der Waals surface area contributed by atoms with Gasteiger partial charge in [-0.05, 0) is 38.1 Å². The van der Waals surface area contributed by atoms with Gasteiger partial charge in [-0.25, -0.2) is 4.98 Å². The molecule has 1 N–H and O–H groups in total. The molecule has 1 aromatic carbocycles. The molecule has 6 heteroatoms. The quantitative estimate of drug-likeness (QED) is 0.808. The van der Waals surface area contributed by atoms with Crippen LogP contribution in [0.1, 0.15) is 26.8 Å². The third-order valence-corrected chi connectivity index (χ3v) is 4.24. The van der Waals surface area contributed by atoms with E-state index in [0.29, 0.717) is 12.1 Å². The minimum absolute atomic E-state index is 0.0959. The second-order valence-corrected chi connectivity index (χ2v) is 6.23. The van der Waals surface area contributed by atoms with Crippen LogP contribution in [0.2, 0.25) is 0 Å². The summed E-state index contributed by atoms with van der Waals surface area (Å²) in [7, 11) is 1.87. The number of amides is 1. The molecule has 0 aliphatic heterocycles. The summed E-state index contributed by atoms with van der Waals surface area (Å²) in [4.78, 5) is 16.6. The molecule has 0 bridgehead atoms. The molecule has 0 aliphatic rings. The minimum atomic E-state index is -0.0959. The van der Waals surface area contributed by atoms with Crippen LogP contribution in [0.3, 0.4) is 0 Å². The number of nitrogens with zero attached hydrogens (tertiary/aromatic N) is 3. The van der Waals surface area contributed by atoms with Crippen molar-refractivity contribution in [2.24, 2.45) is 7.05 Å². The fourth-order valence-corrected chi connectivity index (χ4v) is 3.09. The maximum absolute atomic E-state index is 12.2. The van der Waals surface area contributed by atoms with E-state index in [-0.39, 0.29) is 5.91 Å². The summed E-state index contributed by atoms with van der Waals surface area (Å²) in [6, 6.07) is 7.59. The van der Waals surface area contributed by atoms with Gasteiger partial charge in [-0.3, -0.25) is 9.48 Å². The number of nitrogens with one attached hydrogen (secondary N) is 1. The van der Waals surface area contributed by atoms with Crippen LogP contribution in [0.4, 0.5) is 0 Å². The van der Waals surface area contributed by atoms with E-state index in [9.17, 15) is 4.79 Å². The first-order valence-electron chi connectivity index (χ1n) is 6.68. The van der Waals surface area contributed by atoms with Crippen LogP contribution in [0.15, 0.2) is 24.3 Å². The SMILES string of the molecule is Cc1cc(CNC(=O)c2ccc3sc(C)nc3c2)n(C)n1. The predicted molar refractivity (Wildman–Crippen MR) is 83.5 cm³/mol. The molecule has 5 nitrogen and oxygen atoms in total. The Balaban J connectivity index is 1.75. The van der Waals surface area contributed by atoms with E-state index in [1.54, 1.807) is 16.0 Å². The third-order valence-electron chi connectivity index (χ3n) is 3.29. The predicted octanol–water partition coefficient (Wildman–Crippen LogP) is 2.58. The van der Waals surface area contributed by atoms with Crippen LogP contribution in [0.25, 0.3) is 10.2 Å². The van der Waals surface area contributed by atoms with Crippen molar-refractivity contribution < 1.29 is 4.79 Å². The topological polar surface area (TPSA) is 59.8 Å². The maximum atomic E-state index is 12.2. The van der Waals surface area contributed by atoms with Gasteiger partial charge in [0, 0.05) is 12.6 Å². The molecule has 0 fully saturated rings. The fourth-order valence-electron chi connectivity index (χ4n) is 2.29. The van der Waals surface area contributed by atoms with Crippen LogP contribution in [0.5, 0.6) is 0 Å². The van der Waals surface area contributed by atoms with Crippen LogP contribution in [-0.2, 0) is 13.6 Å². The summed E-state index contributed by atoms with van der Waals surface area (Å²) in [5.74, 6) is -0.0959. The van der Waals surface area contributed by atoms with Crippen molar-refractivity contribution >= 4 is 27.5 Å². The highest BCUT2D eigenvalue weighted by molar-refractivity contribution is 7.18. The van der Waals surface area contributed by atoms with Gasteiger partial charge in [-0.1, -0.05) is 0 Å². The van der Waals surface area contributed by atoms with Crippen molar-refractivity contribution in [3.05, 3.63) is 46.2 Å². The molecule has 1 amide bonds. The number of hydrogen-bond donors (Lipinski definition) is 1. The first-order chi connectivity index (χ1) is 10.0. The first-order valence-corrected chi connectivity index (χ1v) is 7.49. The van der Waals surface area contributed by atoms with E-state index < -0.39 is 0 Å². The number of benzene rings is 1. The van der Waals surface area contributed by atoms with Crippen LogP contribution in [-0.4, -0.2) is 20.7 Å². The summed E-state index contributed by atoms with van der Waals surface area (Å²) in [6.45, 7) is 4.36. The van der Waals surface area contributed by atoms with Crippen LogP contribution in [0, 0.1) is 13.8 Å². The van der Waals surface area contributed by atoms with Crippen molar-refractivity contribution in [3.8, 4) is 0 Å². The minimum Gasteiger partial charge on any atom is -0.346 e. The average Bonchev–Trinajstić information content (AvgIpc) is 2.96. The fraction of sp³-hybridized carbons (Fsp3) is 0.267. The Morgan fingerprint density at radius 2 is 2.14 bits per heavy atom. The summed E-state index contributed by atoms with van der Waals surface area (Å²) in [6.07, 6.45) is 0. The molecule has 0 saturated carbocycles. The molecule has 2 heterocycles. The van der Waals surface area contributed by atoms with Gasteiger partial charge in [0.05, 0.1) is 33.2 Å². The largest absolute Gasteiger partial charge is 0.346 e. The third kappa shape index (κ3) is 2.80. The Hall–Kier alpha value is -2.21. The molecule has 21 heavy (non-hydrogen) atoms. The molecule has 3 rings (SSSR count). The Morgan fingerprint density at radius 3 is 2.86 bits per heavy atom. The smallest absolute Gasteiger partial charge is 0.251 e. The van der Waals surface area contributed by atoms with Crippen LogP contribution < -0.4 is 5.32 Å². The monoisotopic (exact) mass is 300 g/mol. The highest BCUT2D eigenvalue weighted by Gasteiger charge is 2.09. The number of fused-ring (bicyclic) bond motifs is 1. The van der Waals surface area contributed by atoms with E-state index in [1.807, 2.05) is 45.2 Å². The van der Waals surface area contributed by atoms with E-state index in [0.717, 1.165) is 26.6 Å². The van der Waals surface area contributed by atoms with Gasteiger partial charge >= 0.3 is 0 Å². The summed E-state index contributed by atoms with van der Waals surface area (Å²) < 4.78 is 2.88. The molecule has 0 radical (unpaired) electrons. The van der Waals surface area contributed by atoms with E-state index in [1.165, 1.54) is 0 Å². The molecule has 0 aliphatic carbocycles. The van der Waals surface area contributed by atoms with Gasteiger partial charge in [0.15, 0.2) is 0 Å². The molecule has 0 atom stereocenters. The number of hydrogen-bond acceptors (Lipinski definition) is 4. The number of aromatic nitrogens is 3. The maximum Gasteiger partial charge on any atom is 0.251 e.